The zero-order valence-electron chi connectivity index (χ0n) is 7.24. The van der Waals surface area contributed by atoms with E-state index >= 15 is 0 Å². The maximum atomic E-state index is 13.1. The van der Waals surface area contributed by atoms with Crippen LogP contribution in [-0.2, 0) is 0 Å². The minimum Gasteiger partial charge on any atom is -0.207 e. The number of hydrogen-bond donors (Lipinski definition) is 0. The molecular formula is C9H3BrFN3S. The minimum atomic E-state index is -0.449. The topological polar surface area (TPSA) is 49.6 Å². The number of hydrogen-bond acceptors (Lipinski definition) is 4. The molecule has 0 atom stereocenters. The molecule has 0 N–H and O–H groups in total. The zero-order valence-corrected chi connectivity index (χ0v) is 9.64. The molecule has 6 heteroatoms. The van der Waals surface area contributed by atoms with Crippen LogP contribution in [-0.4, -0.2) is 10.2 Å². The van der Waals surface area contributed by atoms with Gasteiger partial charge in [0, 0.05) is 5.56 Å². The first-order valence-corrected chi connectivity index (χ1v) is 5.50. The quantitative estimate of drug-likeness (QED) is 0.808. The molecule has 2 aromatic rings. The molecule has 1 aromatic carbocycles. The Bertz CT molecular complexity index is 547. The van der Waals surface area contributed by atoms with Crippen LogP contribution < -0.4 is 0 Å². The summed E-state index contributed by atoms with van der Waals surface area (Å²) in [5, 5.41) is 16.9. The molecule has 0 bridgehead atoms. The molecule has 0 aliphatic rings. The fourth-order valence-corrected chi connectivity index (χ4v) is 2.20. The summed E-state index contributed by atoms with van der Waals surface area (Å²) in [6, 6.07) is 5.98. The fraction of sp³-hybridized carbons (Fsp3) is 0. The van der Waals surface area contributed by atoms with E-state index in [4.69, 9.17) is 5.26 Å². The van der Waals surface area contributed by atoms with Gasteiger partial charge in [0.1, 0.15) is 10.8 Å². The van der Waals surface area contributed by atoms with Crippen molar-refractivity contribution in [3.05, 3.63) is 33.5 Å². The summed E-state index contributed by atoms with van der Waals surface area (Å²) in [5.41, 5.74) is 0.839. The fourth-order valence-electron chi connectivity index (χ4n) is 1.10. The third-order valence-electron chi connectivity index (χ3n) is 1.67. The lowest BCUT2D eigenvalue weighted by atomic mass is 10.1. The smallest absolute Gasteiger partial charge is 0.183 e. The number of nitriles is 1. The number of aromatic nitrogens is 2. The Hall–Kier alpha value is -1.32. The Kier molecular flexibility index (Phi) is 2.75. The van der Waals surface area contributed by atoms with E-state index in [1.807, 2.05) is 6.07 Å². The zero-order chi connectivity index (χ0) is 10.8. The molecule has 0 radical (unpaired) electrons. The monoisotopic (exact) mass is 283 g/mol. The van der Waals surface area contributed by atoms with E-state index in [0.717, 1.165) is 0 Å². The highest BCUT2D eigenvalue weighted by Crippen LogP contribution is 2.27. The maximum Gasteiger partial charge on any atom is 0.183 e. The summed E-state index contributed by atoms with van der Waals surface area (Å²) < 4.78 is 13.7. The van der Waals surface area contributed by atoms with Gasteiger partial charge >= 0.3 is 0 Å². The molecule has 2 rings (SSSR count). The van der Waals surface area contributed by atoms with Crippen molar-refractivity contribution in [1.29, 1.82) is 5.26 Å². The van der Waals surface area contributed by atoms with Crippen molar-refractivity contribution in [2.75, 3.05) is 0 Å². The van der Waals surface area contributed by atoms with Crippen LogP contribution in [0.2, 0.25) is 0 Å². The lowest BCUT2D eigenvalue weighted by molar-refractivity contribution is 0.628. The Labute approximate surface area is 97.3 Å². The molecule has 0 fully saturated rings. The molecule has 0 unspecified atom stereocenters. The molecule has 3 nitrogen and oxygen atoms in total. The van der Waals surface area contributed by atoms with E-state index in [0.29, 0.717) is 14.5 Å². The molecule has 1 heterocycles. The van der Waals surface area contributed by atoms with Crippen molar-refractivity contribution in [3.63, 3.8) is 0 Å². The Balaban J connectivity index is 2.54. The lowest BCUT2D eigenvalue weighted by Crippen LogP contribution is -1.83. The second-order valence-electron chi connectivity index (χ2n) is 2.70. The summed E-state index contributed by atoms with van der Waals surface area (Å²) in [5.74, 6) is -0.449. The highest BCUT2D eigenvalue weighted by molar-refractivity contribution is 9.11. The largest absolute Gasteiger partial charge is 0.207 e. The van der Waals surface area contributed by atoms with Gasteiger partial charge in [-0.3, -0.25) is 0 Å². The van der Waals surface area contributed by atoms with Gasteiger partial charge in [-0.05, 0) is 34.1 Å². The molecule has 0 aliphatic carbocycles. The van der Waals surface area contributed by atoms with E-state index in [9.17, 15) is 4.39 Å². The van der Waals surface area contributed by atoms with E-state index in [1.165, 1.54) is 23.5 Å². The number of rotatable bonds is 1. The van der Waals surface area contributed by atoms with Crippen LogP contribution in [0.25, 0.3) is 10.6 Å². The first-order chi connectivity index (χ1) is 7.19. The van der Waals surface area contributed by atoms with Crippen LogP contribution in [0.4, 0.5) is 4.39 Å². The predicted molar refractivity (Wildman–Crippen MR) is 57.7 cm³/mol. The predicted octanol–water partition coefficient (Wildman–Crippen LogP) is 2.98. The normalized spacial score (nSPS) is 9.93. The van der Waals surface area contributed by atoms with Gasteiger partial charge in [-0.15, -0.1) is 10.2 Å². The van der Waals surface area contributed by atoms with Gasteiger partial charge < -0.3 is 0 Å². The lowest BCUT2D eigenvalue weighted by Gasteiger charge is -1.96. The van der Waals surface area contributed by atoms with Crippen LogP contribution in [0.3, 0.4) is 0 Å². The van der Waals surface area contributed by atoms with Gasteiger partial charge in [0.25, 0.3) is 0 Å². The average molecular weight is 284 g/mol. The van der Waals surface area contributed by atoms with E-state index in [-0.39, 0.29) is 5.56 Å². The average Bonchev–Trinajstić information content (AvgIpc) is 2.64. The number of halogens is 2. The molecule has 15 heavy (non-hydrogen) atoms. The standard InChI is InChI=1S/C9H3BrFN3S/c10-9-14-13-8(15-9)6-1-5(4-12)2-7(11)3-6/h1-3H. The second kappa shape index (κ2) is 4.04. The van der Waals surface area contributed by atoms with Crippen molar-refractivity contribution in [2.24, 2.45) is 0 Å². The Morgan fingerprint density at radius 3 is 2.73 bits per heavy atom. The van der Waals surface area contributed by atoms with Crippen LogP contribution in [0.5, 0.6) is 0 Å². The van der Waals surface area contributed by atoms with Gasteiger partial charge in [-0.1, -0.05) is 11.3 Å². The van der Waals surface area contributed by atoms with Crippen molar-refractivity contribution in [1.82, 2.24) is 10.2 Å². The molecule has 0 spiro atoms. The first kappa shape index (κ1) is 10.2. The van der Waals surface area contributed by atoms with Gasteiger partial charge in [0.2, 0.25) is 0 Å². The summed E-state index contributed by atoms with van der Waals surface area (Å²) in [4.78, 5) is 0. The third-order valence-corrected chi connectivity index (χ3v) is 3.08. The van der Waals surface area contributed by atoms with E-state index in [1.54, 1.807) is 6.07 Å². The van der Waals surface area contributed by atoms with Crippen LogP contribution >= 0.6 is 27.3 Å². The molecule has 0 aliphatic heterocycles. The summed E-state index contributed by atoms with van der Waals surface area (Å²) in [6.07, 6.45) is 0. The molecule has 1 aromatic heterocycles. The molecule has 74 valence electrons. The number of nitrogens with zero attached hydrogens (tertiary/aromatic N) is 3. The maximum absolute atomic E-state index is 13.1. The highest BCUT2D eigenvalue weighted by Gasteiger charge is 2.07. The summed E-state index contributed by atoms with van der Waals surface area (Å²) in [7, 11) is 0. The van der Waals surface area contributed by atoms with Gasteiger partial charge in [0.05, 0.1) is 11.6 Å². The Morgan fingerprint density at radius 1 is 1.33 bits per heavy atom. The summed E-state index contributed by atoms with van der Waals surface area (Å²) in [6.45, 7) is 0. The Morgan fingerprint density at radius 2 is 2.13 bits per heavy atom. The SMILES string of the molecule is N#Cc1cc(F)cc(-c2nnc(Br)s2)c1. The van der Waals surface area contributed by atoms with Gasteiger partial charge in [-0.25, -0.2) is 4.39 Å². The second-order valence-corrected chi connectivity index (χ2v) is 4.95. The van der Waals surface area contributed by atoms with E-state index < -0.39 is 5.82 Å². The van der Waals surface area contributed by atoms with Crippen molar-refractivity contribution in [2.45, 2.75) is 0 Å². The van der Waals surface area contributed by atoms with Crippen molar-refractivity contribution < 1.29 is 4.39 Å². The third kappa shape index (κ3) is 2.19. The highest BCUT2D eigenvalue weighted by atomic mass is 79.9. The van der Waals surface area contributed by atoms with Gasteiger partial charge in [0.15, 0.2) is 3.92 Å². The molecule has 0 saturated carbocycles. The van der Waals surface area contributed by atoms with Crippen LogP contribution in [0.15, 0.2) is 22.1 Å². The summed E-state index contributed by atoms with van der Waals surface area (Å²) >= 11 is 4.46. The minimum absolute atomic E-state index is 0.274. The molecular weight excluding hydrogens is 281 g/mol. The van der Waals surface area contributed by atoms with Crippen LogP contribution in [0.1, 0.15) is 5.56 Å². The molecule has 0 saturated heterocycles. The number of benzene rings is 1. The van der Waals surface area contributed by atoms with Gasteiger partial charge in [-0.2, -0.15) is 5.26 Å². The molecule has 0 amide bonds. The van der Waals surface area contributed by atoms with Crippen molar-refractivity contribution >= 4 is 27.3 Å². The first-order valence-electron chi connectivity index (χ1n) is 3.89. The van der Waals surface area contributed by atoms with E-state index in [2.05, 4.69) is 26.1 Å². The van der Waals surface area contributed by atoms with Crippen LogP contribution in [0, 0.1) is 17.1 Å². The van der Waals surface area contributed by atoms with Crippen molar-refractivity contribution in [3.8, 4) is 16.6 Å².